The molecule has 2 fully saturated rings. The van der Waals surface area contributed by atoms with E-state index in [4.69, 9.17) is 0 Å². The predicted octanol–water partition coefficient (Wildman–Crippen LogP) is 3.33. The normalized spacial score (nSPS) is 27.8. The number of likely N-dealkylation sites (tertiary alicyclic amines) is 2. The quantitative estimate of drug-likeness (QED) is 0.855. The smallest absolute Gasteiger partial charge is 0.244 e. The molecule has 2 heterocycles. The third kappa shape index (κ3) is 3.35. The first-order chi connectivity index (χ1) is 10.6. The van der Waals surface area contributed by atoms with Gasteiger partial charge in [-0.05, 0) is 36.7 Å². The molecule has 1 amide bonds. The average molecular weight is 300 g/mol. The zero-order chi connectivity index (χ0) is 15.5. The Balaban J connectivity index is 1.87. The number of amides is 1. The maximum absolute atomic E-state index is 13.1. The van der Waals surface area contributed by atoms with Gasteiger partial charge < -0.3 is 4.90 Å². The first-order valence-electron chi connectivity index (χ1n) is 8.73. The summed E-state index contributed by atoms with van der Waals surface area (Å²) < 4.78 is 0. The van der Waals surface area contributed by atoms with E-state index in [1.807, 2.05) is 6.07 Å². The van der Waals surface area contributed by atoms with E-state index < -0.39 is 0 Å². The molecular formula is C19H28N2O. The molecular weight excluding hydrogens is 272 g/mol. The van der Waals surface area contributed by atoms with Crippen molar-refractivity contribution in [1.82, 2.24) is 9.80 Å². The maximum Gasteiger partial charge on any atom is 0.244 e. The van der Waals surface area contributed by atoms with Crippen molar-refractivity contribution in [3.63, 3.8) is 0 Å². The van der Waals surface area contributed by atoms with Crippen molar-refractivity contribution in [2.24, 2.45) is 11.8 Å². The molecule has 3 atom stereocenters. The van der Waals surface area contributed by atoms with Crippen LogP contribution in [0.5, 0.6) is 0 Å². The molecule has 3 heteroatoms. The predicted molar refractivity (Wildman–Crippen MR) is 89.5 cm³/mol. The molecule has 1 aromatic rings. The first-order valence-corrected chi connectivity index (χ1v) is 8.73. The summed E-state index contributed by atoms with van der Waals surface area (Å²) in [6.07, 6.45) is 3.58. The van der Waals surface area contributed by atoms with E-state index in [1.165, 1.54) is 6.42 Å². The molecule has 3 nitrogen and oxygen atoms in total. The molecule has 0 radical (unpaired) electrons. The highest BCUT2D eigenvalue weighted by atomic mass is 16.2. The zero-order valence-corrected chi connectivity index (χ0v) is 13.9. The van der Waals surface area contributed by atoms with Crippen molar-refractivity contribution in [2.45, 2.75) is 39.2 Å². The second-order valence-electron chi connectivity index (χ2n) is 7.25. The first kappa shape index (κ1) is 15.5. The van der Waals surface area contributed by atoms with Crippen molar-refractivity contribution in [2.75, 3.05) is 26.2 Å². The summed E-state index contributed by atoms with van der Waals surface area (Å²) in [5.41, 5.74) is 1.15. The van der Waals surface area contributed by atoms with Crippen molar-refractivity contribution in [3.05, 3.63) is 35.9 Å². The van der Waals surface area contributed by atoms with Gasteiger partial charge in [-0.2, -0.15) is 0 Å². The Morgan fingerprint density at radius 3 is 2.23 bits per heavy atom. The van der Waals surface area contributed by atoms with Gasteiger partial charge in [0.1, 0.15) is 6.04 Å². The summed E-state index contributed by atoms with van der Waals surface area (Å²) in [6.45, 7) is 8.55. The molecule has 22 heavy (non-hydrogen) atoms. The Morgan fingerprint density at radius 2 is 1.64 bits per heavy atom. The van der Waals surface area contributed by atoms with E-state index in [1.54, 1.807) is 0 Å². The molecule has 2 saturated heterocycles. The Morgan fingerprint density at radius 1 is 1.05 bits per heavy atom. The van der Waals surface area contributed by atoms with Gasteiger partial charge in [0, 0.05) is 26.2 Å². The second kappa shape index (κ2) is 6.82. The lowest BCUT2D eigenvalue weighted by molar-refractivity contribution is -0.137. The van der Waals surface area contributed by atoms with Gasteiger partial charge in [-0.15, -0.1) is 0 Å². The lowest BCUT2D eigenvalue weighted by atomic mass is 9.89. The molecule has 0 saturated carbocycles. The minimum atomic E-state index is -0.0931. The monoisotopic (exact) mass is 300 g/mol. The molecule has 0 aliphatic carbocycles. The Bertz CT molecular complexity index is 485. The van der Waals surface area contributed by atoms with Crippen molar-refractivity contribution < 1.29 is 4.79 Å². The molecule has 120 valence electrons. The number of piperidine rings is 1. The van der Waals surface area contributed by atoms with E-state index in [0.29, 0.717) is 17.7 Å². The highest BCUT2D eigenvalue weighted by molar-refractivity contribution is 5.83. The fourth-order valence-corrected chi connectivity index (χ4v) is 4.18. The SMILES string of the molecule is CC1CC(C)CN(C(C(=O)N2CCCC2)c2ccccc2)C1. The molecule has 0 spiro atoms. The molecule has 0 N–H and O–H groups in total. The van der Waals surface area contributed by atoms with E-state index in [0.717, 1.165) is 44.6 Å². The number of carbonyl (C=O) groups is 1. The molecule has 3 unspecified atom stereocenters. The fraction of sp³-hybridized carbons (Fsp3) is 0.632. The Labute approximate surface area is 134 Å². The van der Waals surface area contributed by atoms with Crippen LogP contribution in [-0.4, -0.2) is 41.9 Å². The second-order valence-corrected chi connectivity index (χ2v) is 7.25. The number of benzene rings is 1. The van der Waals surface area contributed by atoms with E-state index in [9.17, 15) is 4.79 Å². The largest absolute Gasteiger partial charge is 0.341 e. The van der Waals surface area contributed by atoms with Gasteiger partial charge in [0.05, 0.1) is 0 Å². The Hall–Kier alpha value is -1.35. The van der Waals surface area contributed by atoms with E-state index >= 15 is 0 Å². The standard InChI is InChI=1S/C19H28N2O/c1-15-12-16(2)14-21(13-15)18(17-8-4-3-5-9-17)19(22)20-10-6-7-11-20/h3-5,8-9,15-16,18H,6-7,10-14H2,1-2H3. The average Bonchev–Trinajstić information content (AvgIpc) is 3.02. The Kier molecular flexibility index (Phi) is 4.82. The molecule has 2 aliphatic heterocycles. The van der Waals surface area contributed by atoms with Gasteiger partial charge in [0.15, 0.2) is 0 Å². The topological polar surface area (TPSA) is 23.6 Å². The minimum Gasteiger partial charge on any atom is -0.341 e. The lowest BCUT2D eigenvalue weighted by Gasteiger charge is -2.40. The van der Waals surface area contributed by atoms with Crippen LogP contribution in [0, 0.1) is 11.8 Å². The van der Waals surface area contributed by atoms with Gasteiger partial charge in [-0.1, -0.05) is 44.2 Å². The third-order valence-corrected chi connectivity index (χ3v) is 5.03. The van der Waals surface area contributed by atoms with Crippen molar-refractivity contribution in [3.8, 4) is 0 Å². The highest BCUT2D eigenvalue weighted by Crippen LogP contribution is 2.31. The number of rotatable bonds is 3. The van der Waals surface area contributed by atoms with E-state index in [-0.39, 0.29) is 6.04 Å². The van der Waals surface area contributed by atoms with Crippen molar-refractivity contribution in [1.29, 1.82) is 0 Å². The molecule has 3 rings (SSSR count). The van der Waals surface area contributed by atoms with Gasteiger partial charge in [-0.25, -0.2) is 0 Å². The van der Waals surface area contributed by atoms with Crippen molar-refractivity contribution >= 4 is 5.91 Å². The van der Waals surface area contributed by atoms with Crippen LogP contribution in [0.15, 0.2) is 30.3 Å². The lowest BCUT2D eigenvalue weighted by Crippen LogP contribution is -2.47. The van der Waals surface area contributed by atoms with Gasteiger partial charge in [0.2, 0.25) is 5.91 Å². The minimum absolute atomic E-state index is 0.0931. The number of hydrogen-bond donors (Lipinski definition) is 0. The maximum atomic E-state index is 13.1. The zero-order valence-electron chi connectivity index (χ0n) is 13.9. The summed E-state index contributed by atoms with van der Waals surface area (Å²) >= 11 is 0. The van der Waals surface area contributed by atoms with Crippen LogP contribution in [0.3, 0.4) is 0 Å². The highest BCUT2D eigenvalue weighted by Gasteiger charge is 2.35. The van der Waals surface area contributed by atoms with Gasteiger partial charge in [-0.3, -0.25) is 9.69 Å². The number of carbonyl (C=O) groups excluding carboxylic acids is 1. The molecule has 0 aromatic heterocycles. The number of hydrogen-bond acceptors (Lipinski definition) is 2. The van der Waals surface area contributed by atoms with Crippen LogP contribution < -0.4 is 0 Å². The van der Waals surface area contributed by atoms with Gasteiger partial charge in [0.25, 0.3) is 0 Å². The third-order valence-electron chi connectivity index (χ3n) is 5.03. The van der Waals surface area contributed by atoms with Crippen LogP contribution in [0.2, 0.25) is 0 Å². The van der Waals surface area contributed by atoms with Crippen LogP contribution >= 0.6 is 0 Å². The van der Waals surface area contributed by atoms with Gasteiger partial charge >= 0.3 is 0 Å². The molecule has 1 aromatic carbocycles. The van der Waals surface area contributed by atoms with E-state index in [2.05, 4.69) is 47.9 Å². The summed E-state index contributed by atoms with van der Waals surface area (Å²) in [4.78, 5) is 17.6. The molecule has 0 bridgehead atoms. The van der Waals surface area contributed by atoms with Crippen LogP contribution in [0.4, 0.5) is 0 Å². The fourth-order valence-electron chi connectivity index (χ4n) is 4.18. The summed E-state index contributed by atoms with van der Waals surface area (Å²) in [6, 6.07) is 10.3. The van der Waals surface area contributed by atoms with Crippen LogP contribution in [0.1, 0.15) is 44.7 Å². The van der Waals surface area contributed by atoms with Crippen LogP contribution in [-0.2, 0) is 4.79 Å². The summed E-state index contributed by atoms with van der Waals surface area (Å²) in [5.74, 6) is 1.65. The number of nitrogens with zero attached hydrogens (tertiary/aromatic N) is 2. The summed E-state index contributed by atoms with van der Waals surface area (Å²) in [5, 5.41) is 0. The molecule has 2 aliphatic rings. The van der Waals surface area contributed by atoms with Crippen LogP contribution in [0.25, 0.3) is 0 Å². The summed E-state index contributed by atoms with van der Waals surface area (Å²) in [7, 11) is 0.